The van der Waals surface area contributed by atoms with Gasteiger partial charge in [0.05, 0.1) is 10.6 Å². The average molecular weight is 376 g/mol. The zero-order valence-corrected chi connectivity index (χ0v) is 16.1. The van der Waals surface area contributed by atoms with Crippen LogP contribution in [0.3, 0.4) is 0 Å². The number of aryl methyl sites for hydroxylation is 1. The minimum absolute atomic E-state index is 0.0554. The number of amides is 1. The van der Waals surface area contributed by atoms with Gasteiger partial charge >= 0.3 is 0 Å². The van der Waals surface area contributed by atoms with Gasteiger partial charge in [0.1, 0.15) is 12.4 Å². The second-order valence-corrected chi connectivity index (χ2v) is 6.93. The molecule has 0 saturated carbocycles. The van der Waals surface area contributed by atoms with Gasteiger partial charge in [-0.1, -0.05) is 41.8 Å². The summed E-state index contributed by atoms with van der Waals surface area (Å²) in [5.41, 5.74) is 2.82. The highest BCUT2D eigenvalue weighted by Gasteiger charge is 2.32. The highest BCUT2D eigenvalue weighted by molar-refractivity contribution is 8.18. The number of likely N-dealkylation sites (N-methyl/N-ethyl adjacent to an activating group) is 1. The second-order valence-electron chi connectivity index (χ2n) is 5.92. The Kier molecular flexibility index (Phi) is 6.00. The first-order valence-corrected chi connectivity index (χ1v) is 9.46. The van der Waals surface area contributed by atoms with E-state index in [0.717, 1.165) is 11.3 Å². The van der Waals surface area contributed by atoms with E-state index in [9.17, 15) is 4.79 Å². The van der Waals surface area contributed by atoms with Crippen LogP contribution < -0.4 is 4.74 Å². The molecule has 1 fully saturated rings. The standard InChI is InChI=1S/C22H20N2O2S/c1-4-14-26-19-9-7-6-8-17(19)15-20-21(25)24(5-2)22(27-20)23-18-12-10-16(3)11-13-18/h1,6-13,15H,5,14H2,2-3H3/b20-15+,23-22?. The Labute approximate surface area is 163 Å². The molecule has 136 valence electrons. The molecule has 1 aliphatic heterocycles. The zero-order valence-electron chi connectivity index (χ0n) is 15.3. The summed E-state index contributed by atoms with van der Waals surface area (Å²) in [6.07, 6.45) is 7.11. The predicted molar refractivity (Wildman–Crippen MR) is 112 cm³/mol. The van der Waals surface area contributed by atoms with Gasteiger partial charge in [0.15, 0.2) is 5.17 Å². The van der Waals surface area contributed by atoms with Gasteiger partial charge in [-0.25, -0.2) is 4.99 Å². The normalized spacial score (nSPS) is 16.8. The van der Waals surface area contributed by atoms with Gasteiger partial charge in [-0.05, 0) is 49.9 Å². The van der Waals surface area contributed by atoms with E-state index in [0.29, 0.717) is 22.4 Å². The maximum Gasteiger partial charge on any atom is 0.266 e. The van der Waals surface area contributed by atoms with Crippen molar-refractivity contribution < 1.29 is 9.53 Å². The van der Waals surface area contributed by atoms with E-state index in [4.69, 9.17) is 11.2 Å². The monoisotopic (exact) mass is 376 g/mol. The number of nitrogens with zero attached hydrogens (tertiary/aromatic N) is 2. The number of thioether (sulfide) groups is 1. The van der Waals surface area contributed by atoms with Gasteiger partial charge in [0.25, 0.3) is 5.91 Å². The van der Waals surface area contributed by atoms with Crippen LogP contribution in [-0.4, -0.2) is 29.1 Å². The number of hydrogen-bond donors (Lipinski definition) is 0. The number of amidine groups is 1. The van der Waals surface area contributed by atoms with Crippen molar-refractivity contribution in [1.29, 1.82) is 0 Å². The SMILES string of the molecule is C#CCOc1ccccc1/C=C1/SC(=Nc2ccc(C)cc2)N(CC)C1=O. The van der Waals surface area contributed by atoms with Crippen LogP contribution in [0.25, 0.3) is 6.08 Å². The Bertz CT molecular complexity index is 940. The van der Waals surface area contributed by atoms with Gasteiger partial charge in [0, 0.05) is 12.1 Å². The number of terminal acetylenes is 1. The van der Waals surface area contributed by atoms with Gasteiger partial charge in [0.2, 0.25) is 0 Å². The minimum atomic E-state index is -0.0554. The Balaban J connectivity index is 1.92. The first-order chi connectivity index (χ1) is 13.1. The molecule has 0 unspecified atom stereocenters. The van der Waals surface area contributed by atoms with E-state index >= 15 is 0 Å². The first-order valence-electron chi connectivity index (χ1n) is 8.64. The number of carbonyl (C=O) groups is 1. The fourth-order valence-electron chi connectivity index (χ4n) is 2.59. The number of rotatable bonds is 5. The molecule has 1 saturated heterocycles. The lowest BCUT2D eigenvalue weighted by atomic mass is 10.2. The molecule has 4 nitrogen and oxygen atoms in total. The van der Waals surface area contributed by atoms with E-state index < -0.39 is 0 Å². The summed E-state index contributed by atoms with van der Waals surface area (Å²) < 4.78 is 5.57. The first kappa shape index (κ1) is 18.8. The third-order valence-corrected chi connectivity index (χ3v) is 4.99. The quantitative estimate of drug-likeness (QED) is 0.564. The number of para-hydroxylation sites is 1. The van der Waals surface area contributed by atoms with Crippen LogP contribution in [0.1, 0.15) is 18.1 Å². The van der Waals surface area contributed by atoms with Gasteiger partial charge in [-0.3, -0.25) is 9.69 Å². The molecule has 2 aromatic carbocycles. The molecule has 0 spiro atoms. The van der Waals surface area contributed by atoms with E-state index in [1.54, 1.807) is 4.90 Å². The highest BCUT2D eigenvalue weighted by atomic mass is 32.2. The molecule has 1 amide bonds. The summed E-state index contributed by atoms with van der Waals surface area (Å²) in [5.74, 6) is 3.06. The Hall–Kier alpha value is -2.97. The van der Waals surface area contributed by atoms with Crippen molar-refractivity contribution in [2.45, 2.75) is 13.8 Å². The maximum absolute atomic E-state index is 12.8. The van der Waals surface area contributed by atoms with Crippen LogP contribution in [0.2, 0.25) is 0 Å². The summed E-state index contributed by atoms with van der Waals surface area (Å²) in [5, 5.41) is 0.680. The summed E-state index contributed by atoms with van der Waals surface area (Å²) in [7, 11) is 0. The van der Waals surface area contributed by atoms with Crippen molar-refractivity contribution in [3.63, 3.8) is 0 Å². The molecule has 5 heteroatoms. The lowest BCUT2D eigenvalue weighted by Gasteiger charge is -2.12. The molecule has 0 aromatic heterocycles. The largest absolute Gasteiger partial charge is 0.480 e. The molecular formula is C22H20N2O2S. The molecule has 0 radical (unpaired) electrons. The van der Waals surface area contributed by atoms with Crippen LogP contribution in [0.15, 0.2) is 58.4 Å². The van der Waals surface area contributed by atoms with Crippen LogP contribution in [0.4, 0.5) is 5.69 Å². The summed E-state index contributed by atoms with van der Waals surface area (Å²) in [4.78, 5) is 19.7. The third-order valence-electron chi connectivity index (χ3n) is 3.98. The van der Waals surface area contributed by atoms with Gasteiger partial charge in [-0.15, -0.1) is 6.42 Å². The highest BCUT2D eigenvalue weighted by Crippen LogP contribution is 2.35. The van der Waals surface area contributed by atoms with Crippen LogP contribution in [0, 0.1) is 19.3 Å². The van der Waals surface area contributed by atoms with Crippen LogP contribution >= 0.6 is 11.8 Å². The molecule has 2 aromatic rings. The molecule has 0 aliphatic carbocycles. The van der Waals surface area contributed by atoms with Crippen LogP contribution in [0.5, 0.6) is 5.75 Å². The van der Waals surface area contributed by atoms with E-state index in [-0.39, 0.29) is 12.5 Å². The van der Waals surface area contributed by atoms with Crippen LogP contribution in [-0.2, 0) is 4.79 Å². The molecule has 3 rings (SSSR count). The summed E-state index contributed by atoms with van der Waals surface area (Å²) in [6.45, 7) is 4.71. The van der Waals surface area contributed by atoms with Gasteiger partial charge in [-0.2, -0.15) is 0 Å². The number of benzene rings is 2. The summed E-state index contributed by atoms with van der Waals surface area (Å²) >= 11 is 1.37. The number of aliphatic imine (C=N–C) groups is 1. The van der Waals surface area contributed by atoms with Crippen molar-refractivity contribution in [2.24, 2.45) is 4.99 Å². The molecule has 1 heterocycles. The van der Waals surface area contributed by atoms with Crippen molar-refractivity contribution in [3.8, 4) is 18.1 Å². The second kappa shape index (κ2) is 8.61. The van der Waals surface area contributed by atoms with Crippen molar-refractivity contribution >= 4 is 34.6 Å². The van der Waals surface area contributed by atoms with Crippen molar-refractivity contribution in [1.82, 2.24) is 4.90 Å². The number of hydrogen-bond acceptors (Lipinski definition) is 4. The third kappa shape index (κ3) is 4.42. The smallest absolute Gasteiger partial charge is 0.266 e. The molecule has 0 atom stereocenters. The fourth-order valence-corrected chi connectivity index (χ4v) is 3.65. The van der Waals surface area contributed by atoms with E-state index in [2.05, 4.69) is 10.9 Å². The minimum Gasteiger partial charge on any atom is -0.480 e. The number of carbonyl (C=O) groups excluding carboxylic acids is 1. The molecule has 1 aliphatic rings. The Morgan fingerprint density at radius 3 is 2.67 bits per heavy atom. The lowest BCUT2D eigenvalue weighted by molar-refractivity contribution is -0.122. The summed E-state index contributed by atoms with van der Waals surface area (Å²) in [6, 6.07) is 15.4. The predicted octanol–water partition coefficient (Wildman–Crippen LogP) is 4.63. The fraction of sp³-hybridized carbons (Fsp3) is 0.182. The molecule has 0 bridgehead atoms. The molecule has 27 heavy (non-hydrogen) atoms. The topological polar surface area (TPSA) is 41.9 Å². The van der Waals surface area contributed by atoms with E-state index in [1.807, 2.05) is 68.5 Å². The number of ether oxygens (including phenoxy) is 1. The lowest BCUT2D eigenvalue weighted by Crippen LogP contribution is -2.28. The Morgan fingerprint density at radius 2 is 1.96 bits per heavy atom. The molecular weight excluding hydrogens is 356 g/mol. The molecule has 0 N–H and O–H groups in total. The Morgan fingerprint density at radius 1 is 1.22 bits per heavy atom. The maximum atomic E-state index is 12.8. The van der Waals surface area contributed by atoms with Gasteiger partial charge < -0.3 is 4.74 Å². The van der Waals surface area contributed by atoms with Crippen molar-refractivity contribution in [2.75, 3.05) is 13.2 Å². The zero-order chi connectivity index (χ0) is 19.2. The van der Waals surface area contributed by atoms with Crippen molar-refractivity contribution in [3.05, 3.63) is 64.6 Å². The van der Waals surface area contributed by atoms with E-state index in [1.165, 1.54) is 17.3 Å². The average Bonchev–Trinajstić information content (AvgIpc) is 2.97.